The number of fused-ring (bicyclic) bond motifs is 1. The number of carbonyl (C=O) groups is 1. The van der Waals surface area contributed by atoms with Gasteiger partial charge in [0.25, 0.3) is 5.56 Å². The summed E-state index contributed by atoms with van der Waals surface area (Å²) in [5, 5.41) is 14.0. The molecular weight excluding hydrogens is 356 g/mol. The van der Waals surface area contributed by atoms with E-state index in [0.717, 1.165) is 0 Å². The molecule has 0 saturated carbocycles. The fourth-order valence-electron chi connectivity index (χ4n) is 2.31. The predicted molar refractivity (Wildman–Crippen MR) is 100 cm³/mol. The van der Waals surface area contributed by atoms with Crippen molar-refractivity contribution in [2.45, 2.75) is 18.6 Å². The Hall–Kier alpha value is -2.63. The third-order valence-corrected chi connectivity index (χ3v) is 5.32. The van der Waals surface area contributed by atoms with Crippen molar-refractivity contribution in [3.05, 3.63) is 51.6 Å². The molecule has 3 aromatic rings. The summed E-state index contributed by atoms with van der Waals surface area (Å²) in [5.74, 6) is -0.0961. The molecule has 0 saturated heterocycles. The Balaban J connectivity index is 1.74. The second kappa shape index (κ2) is 7.51. The highest BCUT2D eigenvalue weighted by atomic mass is 32.2. The van der Waals surface area contributed by atoms with Crippen molar-refractivity contribution in [2.75, 3.05) is 11.1 Å². The van der Waals surface area contributed by atoms with Gasteiger partial charge in [-0.2, -0.15) is 5.26 Å². The fraction of sp³-hybridized carbons (Fsp3) is 0.176. The number of benzene rings is 1. The number of hydrogen-bond donors (Lipinski definition) is 1. The van der Waals surface area contributed by atoms with Gasteiger partial charge >= 0.3 is 0 Å². The molecule has 2 heterocycles. The van der Waals surface area contributed by atoms with Crippen LogP contribution in [0, 0.1) is 11.3 Å². The molecule has 0 aliphatic carbocycles. The number of anilines is 1. The van der Waals surface area contributed by atoms with Crippen molar-refractivity contribution in [3.8, 4) is 6.07 Å². The van der Waals surface area contributed by atoms with E-state index < -0.39 is 0 Å². The van der Waals surface area contributed by atoms with E-state index in [9.17, 15) is 9.59 Å². The number of nitriles is 1. The van der Waals surface area contributed by atoms with Crippen molar-refractivity contribution in [2.24, 2.45) is 0 Å². The molecular formula is C17H14N4O2S2. The second-order valence-electron chi connectivity index (χ2n) is 5.11. The number of thioether (sulfide) groups is 1. The summed E-state index contributed by atoms with van der Waals surface area (Å²) in [6, 6.07) is 10.6. The molecule has 1 amide bonds. The minimum atomic E-state index is -0.220. The molecule has 0 spiro atoms. The van der Waals surface area contributed by atoms with Gasteiger partial charge in [-0.25, -0.2) is 4.98 Å². The van der Waals surface area contributed by atoms with E-state index in [0.29, 0.717) is 33.2 Å². The van der Waals surface area contributed by atoms with Crippen LogP contribution in [0.5, 0.6) is 0 Å². The van der Waals surface area contributed by atoms with Gasteiger partial charge in [-0.3, -0.25) is 14.2 Å². The van der Waals surface area contributed by atoms with E-state index in [1.165, 1.54) is 23.1 Å². The zero-order valence-electron chi connectivity index (χ0n) is 13.4. The number of amides is 1. The number of hydrogen-bond acceptors (Lipinski definition) is 6. The zero-order valence-corrected chi connectivity index (χ0v) is 15.0. The van der Waals surface area contributed by atoms with Crippen molar-refractivity contribution < 1.29 is 4.79 Å². The summed E-state index contributed by atoms with van der Waals surface area (Å²) < 4.78 is 2.21. The van der Waals surface area contributed by atoms with Crippen molar-refractivity contribution in [1.82, 2.24) is 9.55 Å². The van der Waals surface area contributed by atoms with Crippen molar-refractivity contribution in [1.29, 1.82) is 5.26 Å². The number of nitrogens with zero attached hydrogens (tertiary/aromatic N) is 3. The van der Waals surface area contributed by atoms with Gasteiger partial charge in [-0.05, 0) is 36.6 Å². The van der Waals surface area contributed by atoms with Crippen molar-refractivity contribution >= 4 is 44.9 Å². The van der Waals surface area contributed by atoms with Crippen LogP contribution in [0.1, 0.15) is 12.5 Å². The van der Waals surface area contributed by atoms with Crippen LogP contribution in [0.2, 0.25) is 0 Å². The smallest absolute Gasteiger partial charge is 0.272 e. The molecule has 0 unspecified atom stereocenters. The van der Waals surface area contributed by atoms with E-state index in [1.807, 2.05) is 18.4 Å². The minimum Gasteiger partial charge on any atom is -0.325 e. The van der Waals surface area contributed by atoms with Crippen LogP contribution in [0.25, 0.3) is 10.2 Å². The van der Waals surface area contributed by atoms with Gasteiger partial charge in [0.05, 0.1) is 22.9 Å². The second-order valence-corrected chi connectivity index (χ2v) is 6.97. The first-order chi connectivity index (χ1) is 12.1. The molecule has 1 N–H and O–H groups in total. The van der Waals surface area contributed by atoms with E-state index in [-0.39, 0.29) is 17.2 Å². The topological polar surface area (TPSA) is 87.8 Å². The number of nitrogens with one attached hydrogen (secondary N) is 1. The van der Waals surface area contributed by atoms with Gasteiger partial charge in [-0.15, -0.1) is 11.3 Å². The van der Waals surface area contributed by atoms with Gasteiger partial charge in [0.1, 0.15) is 4.70 Å². The van der Waals surface area contributed by atoms with Gasteiger partial charge in [0, 0.05) is 12.2 Å². The number of rotatable bonds is 5. The lowest BCUT2D eigenvalue weighted by Gasteiger charge is -2.10. The molecule has 0 aliphatic rings. The van der Waals surface area contributed by atoms with E-state index in [1.54, 1.807) is 34.9 Å². The summed E-state index contributed by atoms with van der Waals surface area (Å²) in [6.45, 7) is 2.37. The monoisotopic (exact) mass is 370 g/mol. The molecule has 0 atom stereocenters. The number of carbonyl (C=O) groups excluding carboxylic acids is 1. The minimum absolute atomic E-state index is 0.0767. The van der Waals surface area contributed by atoms with Crippen LogP contribution in [0.4, 0.5) is 5.69 Å². The number of aromatic nitrogens is 2. The Morgan fingerprint density at radius 2 is 2.28 bits per heavy atom. The van der Waals surface area contributed by atoms with Crippen LogP contribution < -0.4 is 10.9 Å². The van der Waals surface area contributed by atoms with Crippen LogP contribution in [-0.4, -0.2) is 21.2 Å². The van der Waals surface area contributed by atoms with E-state index in [4.69, 9.17) is 5.26 Å². The lowest BCUT2D eigenvalue weighted by molar-refractivity contribution is -0.113. The third kappa shape index (κ3) is 3.73. The molecule has 8 heteroatoms. The zero-order chi connectivity index (χ0) is 17.8. The Kier molecular flexibility index (Phi) is 5.16. The maximum absolute atomic E-state index is 12.4. The molecule has 0 aliphatic heterocycles. The van der Waals surface area contributed by atoms with Crippen LogP contribution in [0.3, 0.4) is 0 Å². The van der Waals surface area contributed by atoms with Crippen LogP contribution >= 0.6 is 23.1 Å². The summed E-state index contributed by atoms with van der Waals surface area (Å²) in [4.78, 5) is 29.1. The largest absolute Gasteiger partial charge is 0.325 e. The average Bonchev–Trinajstić information content (AvgIpc) is 3.09. The average molecular weight is 370 g/mol. The highest BCUT2D eigenvalue weighted by molar-refractivity contribution is 7.99. The normalized spacial score (nSPS) is 10.6. The SMILES string of the molecule is CCn1c(SCC(=O)Nc2cccc(C#N)c2)nc2ccsc2c1=O. The molecule has 6 nitrogen and oxygen atoms in total. The first-order valence-corrected chi connectivity index (χ1v) is 9.39. The molecule has 0 radical (unpaired) electrons. The summed E-state index contributed by atoms with van der Waals surface area (Å²) in [7, 11) is 0. The molecule has 1 aromatic carbocycles. The highest BCUT2D eigenvalue weighted by Gasteiger charge is 2.13. The lowest BCUT2D eigenvalue weighted by atomic mass is 10.2. The molecule has 2 aromatic heterocycles. The molecule has 0 bridgehead atoms. The van der Waals surface area contributed by atoms with Crippen LogP contribution in [-0.2, 0) is 11.3 Å². The molecule has 126 valence electrons. The van der Waals surface area contributed by atoms with Gasteiger partial charge in [-0.1, -0.05) is 17.8 Å². The maximum Gasteiger partial charge on any atom is 0.272 e. The standard InChI is InChI=1S/C17H14N4O2S2/c1-2-21-16(23)15-13(6-7-24-15)20-17(21)25-10-14(22)19-12-5-3-4-11(8-12)9-18/h3-8H,2,10H2,1H3,(H,19,22). The van der Waals surface area contributed by atoms with Gasteiger partial charge < -0.3 is 5.32 Å². The molecule has 3 rings (SSSR count). The van der Waals surface area contributed by atoms with E-state index >= 15 is 0 Å². The van der Waals surface area contributed by atoms with Gasteiger partial charge in [0.2, 0.25) is 5.91 Å². The quantitative estimate of drug-likeness (QED) is 0.551. The maximum atomic E-state index is 12.4. The first-order valence-electron chi connectivity index (χ1n) is 7.53. The Labute approximate surface area is 152 Å². The Morgan fingerprint density at radius 1 is 1.44 bits per heavy atom. The third-order valence-electron chi connectivity index (χ3n) is 3.45. The fourth-order valence-corrected chi connectivity index (χ4v) is 3.95. The summed E-state index contributed by atoms with van der Waals surface area (Å²) >= 11 is 2.59. The molecule has 25 heavy (non-hydrogen) atoms. The Morgan fingerprint density at radius 3 is 3.04 bits per heavy atom. The van der Waals surface area contributed by atoms with E-state index in [2.05, 4.69) is 10.3 Å². The summed E-state index contributed by atoms with van der Waals surface area (Å²) in [6.07, 6.45) is 0. The molecule has 0 fully saturated rings. The highest BCUT2D eigenvalue weighted by Crippen LogP contribution is 2.21. The lowest BCUT2D eigenvalue weighted by Crippen LogP contribution is -2.22. The first kappa shape index (κ1) is 17.2. The van der Waals surface area contributed by atoms with Crippen LogP contribution in [0.15, 0.2) is 45.7 Å². The predicted octanol–water partition coefficient (Wildman–Crippen LogP) is 3.08. The Bertz CT molecular complexity index is 1030. The summed E-state index contributed by atoms with van der Waals surface area (Å²) in [5.41, 5.74) is 1.63. The van der Waals surface area contributed by atoms with Gasteiger partial charge in [0.15, 0.2) is 5.16 Å². The number of thiophene rings is 1. The van der Waals surface area contributed by atoms with Crippen molar-refractivity contribution in [3.63, 3.8) is 0 Å².